The zero-order chi connectivity index (χ0) is 16.9. The Labute approximate surface area is 152 Å². The maximum atomic E-state index is 12.0. The summed E-state index contributed by atoms with van der Waals surface area (Å²) in [4.78, 5) is 16.4. The van der Waals surface area contributed by atoms with Gasteiger partial charge in [-0.05, 0) is 34.1 Å². The van der Waals surface area contributed by atoms with Crippen molar-refractivity contribution < 1.29 is 4.79 Å². The molecule has 124 valence electrons. The van der Waals surface area contributed by atoms with Crippen LogP contribution < -0.4 is 10.2 Å². The molecule has 3 rings (SSSR count). The second kappa shape index (κ2) is 7.70. The predicted molar refractivity (Wildman–Crippen MR) is 96.0 cm³/mol. The van der Waals surface area contributed by atoms with E-state index in [1.807, 2.05) is 18.2 Å². The highest BCUT2D eigenvalue weighted by atomic mass is 79.9. The Morgan fingerprint density at radius 1 is 1.38 bits per heavy atom. The van der Waals surface area contributed by atoms with E-state index in [1.165, 1.54) is 11.3 Å². The third-order valence-corrected chi connectivity index (χ3v) is 5.01. The fraction of sp³-hybridized carbons (Fsp3) is 0.333. The third-order valence-electron chi connectivity index (χ3n) is 3.76. The Balaban J connectivity index is 1.52. The number of hydrogen-bond donors (Lipinski definition) is 1. The lowest BCUT2D eigenvalue weighted by Gasteiger charge is -2.36. The van der Waals surface area contributed by atoms with Crippen molar-refractivity contribution in [3.05, 3.63) is 33.7 Å². The number of carbonyl (C=O) groups is 1. The number of nitrogens with one attached hydrogen (secondary N) is 1. The number of halogens is 1. The van der Waals surface area contributed by atoms with Gasteiger partial charge in [0.2, 0.25) is 11.0 Å². The van der Waals surface area contributed by atoms with Gasteiger partial charge in [-0.25, -0.2) is 0 Å². The van der Waals surface area contributed by atoms with Gasteiger partial charge >= 0.3 is 0 Å². The molecule has 0 saturated carbocycles. The van der Waals surface area contributed by atoms with Gasteiger partial charge in [0.15, 0.2) is 0 Å². The number of piperazine rings is 1. The molecule has 0 aliphatic carbocycles. The first kappa shape index (κ1) is 16.8. The Morgan fingerprint density at radius 2 is 2.17 bits per heavy atom. The lowest BCUT2D eigenvalue weighted by atomic mass is 10.2. The normalized spacial score (nSPS) is 15.1. The molecule has 2 aromatic rings. The molecule has 1 aliphatic rings. The van der Waals surface area contributed by atoms with E-state index in [0.717, 1.165) is 36.3 Å². The van der Waals surface area contributed by atoms with Crippen molar-refractivity contribution in [3.63, 3.8) is 0 Å². The maximum Gasteiger partial charge on any atom is 0.240 e. The van der Waals surface area contributed by atoms with Crippen LogP contribution >= 0.6 is 27.3 Å². The summed E-state index contributed by atoms with van der Waals surface area (Å²) in [6.07, 6.45) is 0. The summed E-state index contributed by atoms with van der Waals surface area (Å²) in [5.74, 6) is -0.0697. The fourth-order valence-electron chi connectivity index (χ4n) is 2.57. The number of aromatic nitrogens is 2. The monoisotopic (exact) mass is 406 g/mol. The van der Waals surface area contributed by atoms with Gasteiger partial charge in [0.1, 0.15) is 5.51 Å². The van der Waals surface area contributed by atoms with Gasteiger partial charge in [0, 0.05) is 30.7 Å². The summed E-state index contributed by atoms with van der Waals surface area (Å²) in [6.45, 7) is 3.61. The van der Waals surface area contributed by atoms with Crippen LogP contribution in [0.4, 0.5) is 10.8 Å². The molecule has 1 saturated heterocycles. The van der Waals surface area contributed by atoms with Crippen LogP contribution in [0.25, 0.3) is 0 Å². The van der Waals surface area contributed by atoms with E-state index < -0.39 is 0 Å². The van der Waals surface area contributed by atoms with Crippen LogP contribution in [0, 0.1) is 11.3 Å². The summed E-state index contributed by atoms with van der Waals surface area (Å²) < 4.78 is 0.920. The summed E-state index contributed by atoms with van der Waals surface area (Å²) in [6, 6.07) is 7.75. The first-order chi connectivity index (χ1) is 11.7. The molecule has 9 heteroatoms. The van der Waals surface area contributed by atoms with Crippen LogP contribution in [0.5, 0.6) is 0 Å². The second-order valence-corrected chi connectivity index (χ2v) is 7.02. The van der Waals surface area contributed by atoms with Crippen LogP contribution in [0.2, 0.25) is 0 Å². The van der Waals surface area contributed by atoms with Gasteiger partial charge in [-0.2, -0.15) is 5.26 Å². The average molecular weight is 407 g/mol. The van der Waals surface area contributed by atoms with Gasteiger partial charge in [-0.1, -0.05) is 11.3 Å². The van der Waals surface area contributed by atoms with Gasteiger partial charge in [-0.15, -0.1) is 10.2 Å². The molecule has 1 aromatic carbocycles. The quantitative estimate of drug-likeness (QED) is 0.834. The van der Waals surface area contributed by atoms with Gasteiger partial charge in [0.05, 0.1) is 23.9 Å². The van der Waals surface area contributed by atoms with Crippen molar-refractivity contribution in [1.29, 1.82) is 5.26 Å². The molecular formula is C15H15BrN6OS. The van der Waals surface area contributed by atoms with E-state index in [1.54, 1.807) is 5.51 Å². The summed E-state index contributed by atoms with van der Waals surface area (Å²) in [5, 5.41) is 19.7. The number of hydrogen-bond acceptors (Lipinski definition) is 7. The highest BCUT2D eigenvalue weighted by molar-refractivity contribution is 9.10. The molecule has 0 spiro atoms. The predicted octanol–water partition coefficient (Wildman–Crippen LogP) is 1.93. The number of nitrogens with zero attached hydrogens (tertiary/aromatic N) is 5. The number of rotatable bonds is 4. The minimum atomic E-state index is -0.0697. The molecule has 0 radical (unpaired) electrons. The largest absolute Gasteiger partial charge is 0.368 e. The minimum absolute atomic E-state index is 0.0697. The van der Waals surface area contributed by atoms with E-state index >= 15 is 0 Å². The summed E-state index contributed by atoms with van der Waals surface area (Å²) >= 11 is 4.84. The molecule has 0 unspecified atom stereocenters. The molecular weight excluding hydrogens is 392 g/mol. The Bertz CT molecular complexity index is 752. The van der Waals surface area contributed by atoms with Crippen molar-refractivity contribution in [2.24, 2.45) is 0 Å². The Kier molecular flexibility index (Phi) is 5.40. The molecule has 1 N–H and O–H groups in total. The van der Waals surface area contributed by atoms with Crippen molar-refractivity contribution in [1.82, 2.24) is 15.1 Å². The highest BCUT2D eigenvalue weighted by Gasteiger charge is 2.21. The van der Waals surface area contributed by atoms with E-state index in [0.29, 0.717) is 17.2 Å². The van der Waals surface area contributed by atoms with Crippen LogP contribution in [0.15, 0.2) is 28.2 Å². The van der Waals surface area contributed by atoms with Crippen molar-refractivity contribution in [2.45, 2.75) is 0 Å². The molecule has 2 heterocycles. The van der Waals surface area contributed by atoms with E-state index in [2.05, 4.69) is 47.3 Å². The summed E-state index contributed by atoms with van der Waals surface area (Å²) in [5.41, 5.74) is 3.30. The number of benzene rings is 1. The fourth-order valence-corrected chi connectivity index (χ4v) is 3.66. The van der Waals surface area contributed by atoms with Crippen molar-refractivity contribution in [2.75, 3.05) is 42.9 Å². The topological polar surface area (TPSA) is 85.2 Å². The lowest BCUT2D eigenvalue weighted by Crippen LogP contribution is -2.48. The van der Waals surface area contributed by atoms with E-state index in [9.17, 15) is 4.79 Å². The van der Waals surface area contributed by atoms with Crippen molar-refractivity contribution >= 4 is 44.0 Å². The zero-order valence-corrected chi connectivity index (χ0v) is 15.2. The molecule has 1 aromatic heterocycles. The zero-order valence-electron chi connectivity index (χ0n) is 12.8. The number of nitriles is 1. The minimum Gasteiger partial charge on any atom is -0.368 e. The number of amides is 1. The Hall–Kier alpha value is -2.02. The maximum absolute atomic E-state index is 12.0. The number of anilines is 2. The Morgan fingerprint density at radius 3 is 2.79 bits per heavy atom. The smallest absolute Gasteiger partial charge is 0.240 e. The van der Waals surface area contributed by atoms with Crippen LogP contribution in [0.3, 0.4) is 0 Å². The molecule has 1 amide bonds. The van der Waals surface area contributed by atoms with Gasteiger partial charge in [0.25, 0.3) is 0 Å². The van der Waals surface area contributed by atoms with Crippen molar-refractivity contribution in [3.8, 4) is 6.07 Å². The van der Waals surface area contributed by atoms with Crippen LogP contribution in [-0.2, 0) is 4.79 Å². The standard InChI is InChI=1S/C15H15BrN6OS/c16-12-7-11(8-17)1-2-13(12)22-5-3-21(4-6-22)9-14(23)19-15-20-18-10-24-15/h1-2,7,10H,3-6,9H2,(H,19,20,23). The SMILES string of the molecule is N#Cc1ccc(N2CCN(CC(=O)Nc3nncs3)CC2)c(Br)c1. The highest BCUT2D eigenvalue weighted by Crippen LogP contribution is 2.28. The first-order valence-electron chi connectivity index (χ1n) is 7.38. The molecule has 1 fully saturated rings. The first-order valence-corrected chi connectivity index (χ1v) is 9.06. The average Bonchev–Trinajstić information content (AvgIpc) is 3.08. The summed E-state index contributed by atoms with van der Waals surface area (Å²) in [7, 11) is 0. The number of carbonyl (C=O) groups excluding carboxylic acids is 1. The van der Waals surface area contributed by atoms with Gasteiger partial charge < -0.3 is 4.90 Å². The van der Waals surface area contributed by atoms with Crippen LogP contribution in [0.1, 0.15) is 5.56 Å². The van der Waals surface area contributed by atoms with Crippen LogP contribution in [-0.4, -0.2) is 53.7 Å². The molecule has 0 bridgehead atoms. The van der Waals surface area contributed by atoms with E-state index in [-0.39, 0.29) is 5.91 Å². The third kappa shape index (κ3) is 4.08. The van der Waals surface area contributed by atoms with Gasteiger partial charge in [-0.3, -0.25) is 15.0 Å². The molecule has 1 aliphatic heterocycles. The molecule has 24 heavy (non-hydrogen) atoms. The molecule has 0 atom stereocenters. The second-order valence-electron chi connectivity index (χ2n) is 5.33. The molecule has 7 nitrogen and oxygen atoms in total. The van der Waals surface area contributed by atoms with E-state index in [4.69, 9.17) is 5.26 Å². The lowest BCUT2D eigenvalue weighted by molar-refractivity contribution is -0.117.